The average molecular weight is 833 g/mol. The molecule has 1 saturated carbocycles. The molecule has 14 nitrogen and oxygen atoms in total. The molecular weight excluding hydrogens is 783 g/mol. The number of aromatic nitrogens is 5. The first kappa shape index (κ1) is 40.4. The zero-order chi connectivity index (χ0) is 42.2. The highest BCUT2D eigenvalue weighted by molar-refractivity contribution is 6.08. The molecular formula is C45H50F2N10O4. The van der Waals surface area contributed by atoms with Crippen molar-refractivity contribution in [1.29, 1.82) is 0 Å². The van der Waals surface area contributed by atoms with Gasteiger partial charge in [0.15, 0.2) is 11.6 Å². The monoisotopic (exact) mass is 832 g/mol. The summed E-state index contributed by atoms with van der Waals surface area (Å²) in [4.78, 5) is 64.8. The van der Waals surface area contributed by atoms with E-state index in [1.54, 1.807) is 54.3 Å². The lowest BCUT2D eigenvalue weighted by Crippen LogP contribution is -2.49. The molecule has 3 saturated heterocycles. The SMILES string of the molecule is Cn1nc(N2CCC(=O)NC2=O)c2cc(F)c(C3CCN(CC4CCN(C(=O)[C@H]5CC[C@H](Nc6ncc(F)c(-c7cccc(-n8ccccc8=O)c7)n6)CC5)CC4)CC3)cc21. The molecule has 2 aromatic carbocycles. The molecule has 6 heterocycles. The van der Waals surface area contributed by atoms with Crippen LogP contribution >= 0.6 is 0 Å². The average Bonchev–Trinajstić information content (AvgIpc) is 3.58. The Bertz CT molecular complexity index is 2520. The van der Waals surface area contributed by atoms with E-state index >= 15 is 8.78 Å². The van der Waals surface area contributed by atoms with Crippen molar-refractivity contribution in [2.24, 2.45) is 18.9 Å². The quantitative estimate of drug-likeness (QED) is 0.183. The fourth-order valence-electron chi connectivity index (χ4n) is 9.69. The highest BCUT2D eigenvalue weighted by Crippen LogP contribution is 2.37. The molecule has 61 heavy (non-hydrogen) atoms. The van der Waals surface area contributed by atoms with E-state index in [1.165, 1.54) is 27.8 Å². The van der Waals surface area contributed by atoms with Gasteiger partial charge in [-0.1, -0.05) is 18.2 Å². The van der Waals surface area contributed by atoms with Crippen molar-refractivity contribution in [1.82, 2.24) is 39.4 Å². The minimum Gasteiger partial charge on any atom is -0.351 e. The maximum absolute atomic E-state index is 15.7. The predicted molar refractivity (Wildman–Crippen MR) is 226 cm³/mol. The van der Waals surface area contributed by atoms with E-state index in [-0.39, 0.29) is 59.7 Å². The Hall–Kier alpha value is -6.03. The summed E-state index contributed by atoms with van der Waals surface area (Å²) >= 11 is 0. The Morgan fingerprint density at radius 3 is 2.41 bits per heavy atom. The number of rotatable bonds is 9. The van der Waals surface area contributed by atoms with Crippen LogP contribution in [-0.4, -0.2) is 97.3 Å². The molecule has 0 radical (unpaired) electrons. The second-order valence-corrected chi connectivity index (χ2v) is 17.0. The van der Waals surface area contributed by atoms with Gasteiger partial charge in [-0.2, -0.15) is 5.10 Å². The number of imide groups is 1. The van der Waals surface area contributed by atoms with Crippen LogP contribution in [0.2, 0.25) is 0 Å². The second-order valence-electron chi connectivity index (χ2n) is 17.0. The number of benzene rings is 2. The van der Waals surface area contributed by atoms with E-state index in [0.717, 1.165) is 89.6 Å². The maximum atomic E-state index is 15.7. The number of likely N-dealkylation sites (tertiary alicyclic amines) is 2. The minimum absolute atomic E-state index is 0.0186. The fraction of sp³-hybridized carbons (Fsp3) is 0.444. The topological polar surface area (TPSA) is 151 Å². The van der Waals surface area contributed by atoms with Crippen molar-refractivity contribution in [3.8, 4) is 16.9 Å². The van der Waals surface area contributed by atoms with E-state index in [4.69, 9.17) is 0 Å². The molecule has 9 rings (SSSR count). The summed E-state index contributed by atoms with van der Waals surface area (Å²) in [5.41, 5.74) is 2.54. The highest BCUT2D eigenvalue weighted by Gasteiger charge is 2.34. The predicted octanol–water partition coefficient (Wildman–Crippen LogP) is 5.99. The van der Waals surface area contributed by atoms with Crippen molar-refractivity contribution in [3.05, 3.63) is 94.5 Å². The van der Waals surface area contributed by atoms with Crippen LogP contribution in [0.4, 0.5) is 25.3 Å². The van der Waals surface area contributed by atoms with Crippen molar-refractivity contribution in [2.75, 3.05) is 49.5 Å². The van der Waals surface area contributed by atoms with Gasteiger partial charge >= 0.3 is 6.03 Å². The van der Waals surface area contributed by atoms with Gasteiger partial charge < -0.3 is 15.1 Å². The normalized spacial score (nSPS) is 20.9. The van der Waals surface area contributed by atoms with Crippen LogP contribution < -0.4 is 21.1 Å². The number of piperidine rings is 2. The summed E-state index contributed by atoms with van der Waals surface area (Å²) in [5, 5.41) is 10.8. The van der Waals surface area contributed by atoms with E-state index in [0.29, 0.717) is 39.9 Å². The number of amides is 4. The molecule has 4 aliphatic rings. The van der Waals surface area contributed by atoms with Crippen LogP contribution in [0, 0.1) is 23.5 Å². The van der Waals surface area contributed by atoms with Gasteiger partial charge in [-0.05, 0) is 112 Å². The molecule has 3 aliphatic heterocycles. The minimum atomic E-state index is -0.554. The molecule has 318 valence electrons. The molecule has 1 aliphatic carbocycles. The van der Waals surface area contributed by atoms with Gasteiger partial charge in [-0.15, -0.1) is 0 Å². The zero-order valence-corrected chi connectivity index (χ0v) is 34.2. The largest absolute Gasteiger partial charge is 0.351 e. The van der Waals surface area contributed by atoms with Gasteiger partial charge in [0.05, 0.1) is 11.7 Å². The van der Waals surface area contributed by atoms with Gasteiger partial charge in [-0.25, -0.2) is 23.5 Å². The van der Waals surface area contributed by atoms with Crippen molar-refractivity contribution in [3.63, 3.8) is 0 Å². The summed E-state index contributed by atoms with van der Waals surface area (Å²) in [5.74, 6) is 0.317. The molecule has 4 amide bonds. The van der Waals surface area contributed by atoms with E-state index in [1.807, 2.05) is 11.0 Å². The third kappa shape index (κ3) is 8.50. The van der Waals surface area contributed by atoms with Gasteiger partial charge in [0.2, 0.25) is 17.8 Å². The second kappa shape index (κ2) is 17.1. The van der Waals surface area contributed by atoms with Crippen LogP contribution in [0.5, 0.6) is 0 Å². The van der Waals surface area contributed by atoms with Crippen LogP contribution in [0.1, 0.15) is 69.3 Å². The van der Waals surface area contributed by atoms with Crippen LogP contribution in [0.15, 0.2) is 71.8 Å². The molecule has 0 atom stereocenters. The number of fused-ring (bicyclic) bond motifs is 1. The van der Waals surface area contributed by atoms with E-state index in [9.17, 15) is 19.2 Å². The molecule has 4 fully saturated rings. The van der Waals surface area contributed by atoms with E-state index in [2.05, 4.69) is 30.6 Å². The Kier molecular flexibility index (Phi) is 11.4. The summed E-state index contributed by atoms with van der Waals surface area (Å²) in [6, 6.07) is 14.8. The maximum Gasteiger partial charge on any atom is 0.329 e. The first-order valence-electron chi connectivity index (χ1n) is 21.4. The molecule has 0 unspecified atom stereocenters. The van der Waals surface area contributed by atoms with Gasteiger partial charge in [-0.3, -0.25) is 33.8 Å². The van der Waals surface area contributed by atoms with Gasteiger partial charge in [0.25, 0.3) is 5.56 Å². The number of nitrogens with zero attached hydrogens (tertiary/aromatic N) is 8. The molecule has 3 aromatic heterocycles. The third-order valence-corrected chi connectivity index (χ3v) is 13.1. The Morgan fingerprint density at radius 1 is 0.869 bits per heavy atom. The Labute approximate surface area is 351 Å². The number of hydrogen-bond donors (Lipinski definition) is 2. The number of aryl methyl sites for hydroxylation is 1. The van der Waals surface area contributed by atoms with E-state index < -0.39 is 11.8 Å². The standard InChI is InChI=1S/C45H50F2N10O4/c1-53-38-25-34(36(46)24-35(38)42(52-53)57-22-16-39(58)50-45(57)61)29-14-18-54(19-15-29)27-28-12-20-55(21-13-28)43(60)30-8-10-32(11-9-30)49-44-48-26-37(47)41(51-44)31-5-4-6-33(23-31)56-17-3-2-7-40(56)59/h2-7,17,23-26,28-30,32H,8-16,18-22,27H2,1H3,(H,48,49,51)(H,50,58,61)/t30-,32-. The number of nitrogens with one attached hydrogen (secondary N) is 2. The first-order valence-corrected chi connectivity index (χ1v) is 21.4. The van der Waals surface area contributed by atoms with Crippen LogP contribution in [-0.2, 0) is 16.6 Å². The van der Waals surface area contributed by atoms with Gasteiger partial charge in [0, 0.05) is 80.5 Å². The fourth-order valence-corrected chi connectivity index (χ4v) is 9.69. The molecule has 16 heteroatoms. The summed E-state index contributed by atoms with van der Waals surface area (Å²) < 4.78 is 33.9. The number of anilines is 2. The highest BCUT2D eigenvalue weighted by atomic mass is 19.1. The lowest BCUT2D eigenvalue weighted by atomic mass is 9.84. The van der Waals surface area contributed by atoms with Crippen molar-refractivity contribution in [2.45, 2.75) is 69.7 Å². The van der Waals surface area contributed by atoms with Crippen LogP contribution in [0.25, 0.3) is 27.8 Å². The van der Waals surface area contributed by atoms with Crippen molar-refractivity contribution >= 4 is 40.5 Å². The zero-order valence-electron chi connectivity index (χ0n) is 34.2. The molecule has 5 aromatic rings. The lowest BCUT2D eigenvalue weighted by Gasteiger charge is -2.39. The Balaban J connectivity index is 0.729. The van der Waals surface area contributed by atoms with Crippen molar-refractivity contribution < 1.29 is 23.2 Å². The number of halogens is 2. The molecule has 0 spiro atoms. The van der Waals surface area contributed by atoms with Gasteiger partial charge in [0.1, 0.15) is 11.5 Å². The smallest absolute Gasteiger partial charge is 0.329 e. The first-order chi connectivity index (χ1) is 29.6. The number of urea groups is 1. The summed E-state index contributed by atoms with van der Waals surface area (Å²) in [7, 11) is 1.79. The Morgan fingerprint density at radius 2 is 1.66 bits per heavy atom. The summed E-state index contributed by atoms with van der Waals surface area (Å²) in [6.07, 6.45) is 9.73. The number of carbonyl (C=O) groups excluding carboxylic acids is 3. The van der Waals surface area contributed by atoms with Crippen LogP contribution in [0.3, 0.4) is 0 Å². The summed E-state index contributed by atoms with van der Waals surface area (Å²) in [6.45, 7) is 4.46. The lowest BCUT2D eigenvalue weighted by molar-refractivity contribution is -0.138. The molecule has 2 N–H and O–H groups in total. The number of carbonyl (C=O) groups is 3. The third-order valence-electron chi connectivity index (χ3n) is 13.1. The molecule has 0 bridgehead atoms. The number of hydrogen-bond acceptors (Lipinski definition) is 9. The number of pyridine rings is 1.